The summed E-state index contributed by atoms with van der Waals surface area (Å²) in [6.45, 7) is 7.21. The standard InChI is InChI=1S/C32H29FO4S/c1-4-11-25-20-26(33)21-31(30-15-10-9-14-29(30)24-12-7-6-8-13-24)32(25)37-27(5-2)22-36-38(34,35)28-18-16-23(3)17-19-28/h4-21,27H,2,22H2,1,3H3/b11-4-/t27-/m1/s1. The summed E-state index contributed by atoms with van der Waals surface area (Å²) in [6.07, 6.45) is 4.18. The van der Waals surface area contributed by atoms with E-state index < -0.39 is 22.0 Å². The third kappa shape index (κ3) is 6.28. The molecule has 0 aromatic heterocycles. The molecule has 0 bridgehead atoms. The van der Waals surface area contributed by atoms with E-state index in [1.165, 1.54) is 30.3 Å². The quantitative estimate of drug-likeness (QED) is 0.155. The van der Waals surface area contributed by atoms with Crippen molar-refractivity contribution in [2.75, 3.05) is 6.61 Å². The van der Waals surface area contributed by atoms with Gasteiger partial charge in [0.1, 0.15) is 24.3 Å². The molecule has 0 N–H and O–H groups in total. The second-order valence-electron chi connectivity index (χ2n) is 8.73. The van der Waals surface area contributed by atoms with E-state index in [1.54, 1.807) is 24.3 Å². The van der Waals surface area contributed by atoms with Gasteiger partial charge in [-0.25, -0.2) is 4.39 Å². The van der Waals surface area contributed by atoms with Crippen molar-refractivity contribution in [1.82, 2.24) is 0 Å². The van der Waals surface area contributed by atoms with Crippen molar-refractivity contribution < 1.29 is 21.7 Å². The van der Waals surface area contributed by atoms with Gasteiger partial charge in [0.25, 0.3) is 10.1 Å². The van der Waals surface area contributed by atoms with Crippen LogP contribution in [0.3, 0.4) is 0 Å². The highest BCUT2D eigenvalue weighted by atomic mass is 32.2. The zero-order chi connectivity index (χ0) is 27.1. The Morgan fingerprint density at radius 2 is 1.55 bits per heavy atom. The topological polar surface area (TPSA) is 52.6 Å². The molecule has 0 saturated heterocycles. The molecule has 4 aromatic carbocycles. The van der Waals surface area contributed by atoms with Crippen LogP contribution in [0.15, 0.2) is 115 Å². The van der Waals surface area contributed by atoms with Crippen LogP contribution in [-0.2, 0) is 14.3 Å². The summed E-state index contributed by atoms with van der Waals surface area (Å²) in [5.74, 6) is -0.0224. The Morgan fingerprint density at radius 1 is 0.895 bits per heavy atom. The van der Waals surface area contributed by atoms with Gasteiger partial charge in [0.15, 0.2) is 0 Å². The third-order valence-electron chi connectivity index (χ3n) is 5.96. The highest BCUT2D eigenvalue weighted by Gasteiger charge is 2.22. The van der Waals surface area contributed by atoms with Crippen LogP contribution in [-0.4, -0.2) is 21.1 Å². The molecule has 0 spiro atoms. The Labute approximate surface area is 223 Å². The number of ether oxygens (including phenoxy) is 1. The second kappa shape index (κ2) is 12.0. The normalized spacial score (nSPS) is 12.4. The minimum absolute atomic E-state index is 0.0553. The highest BCUT2D eigenvalue weighted by molar-refractivity contribution is 7.86. The van der Waals surface area contributed by atoms with Gasteiger partial charge in [-0.1, -0.05) is 91.0 Å². The lowest BCUT2D eigenvalue weighted by atomic mass is 9.92. The van der Waals surface area contributed by atoms with E-state index in [1.807, 2.05) is 68.4 Å². The number of benzene rings is 4. The van der Waals surface area contributed by atoms with Crippen molar-refractivity contribution in [3.05, 3.63) is 127 Å². The lowest BCUT2D eigenvalue weighted by molar-refractivity contribution is 0.168. The number of rotatable bonds is 10. The van der Waals surface area contributed by atoms with Crippen molar-refractivity contribution in [2.24, 2.45) is 0 Å². The molecular weight excluding hydrogens is 499 g/mol. The van der Waals surface area contributed by atoms with Crippen molar-refractivity contribution in [3.8, 4) is 28.0 Å². The van der Waals surface area contributed by atoms with Crippen molar-refractivity contribution in [3.63, 3.8) is 0 Å². The number of halogens is 1. The lowest BCUT2D eigenvalue weighted by Crippen LogP contribution is -2.23. The molecule has 0 aliphatic carbocycles. The molecule has 1 atom stereocenters. The van der Waals surface area contributed by atoms with E-state index in [9.17, 15) is 12.8 Å². The molecule has 0 heterocycles. The molecule has 194 valence electrons. The third-order valence-corrected chi connectivity index (χ3v) is 7.26. The first-order chi connectivity index (χ1) is 18.3. The van der Waals surface area contributed by atoms with Gasteiger partial charge in [0, 0.05) is 11.1 Å². The molecule has 0 saturated carbocycles. The molecular formula is C32H29FO4S. The molecule has 4 aromatic rings. The highest BCUT2D eigenvalue weighted by Crippen LogP contribution is 2.41. The Hall–Kier alpha value is -4.00. The Bertz CT molecular complexity index is 1540. The summed E-state index contributed by atoms with van der Waals surface area (Å²) in [4.78, 5) is 0.0553. The van der Waals surface area contributed by atoms with Crippen LogP contribution in [0.5, 0.6) is 5.75 Å². The monoisotopic (exact) mass is 528 g/mol. The Balaban J connectivity index is 1.72. The second-order valence-corrected chi connectivity index (χ2v) is 10.3. The van der Waals surface area contributed by atoms with E-state index in [-0.39, 0.29) is 11.5 Å². The van der Waals surface area contributed by atoms with Gasteiger partial charge in [-0.3, -0.25) is 4.18 Å². The molecule has 38 heavy (non-hydrogen) atoms. The van der Waals surface area contributed by atoms with Crippen LogP contribution in [0.1, 0.15) is 18.1 Å². The summed E-state index contributed by atoms with van der Waals surface area (Å²) >= 11 is 0. The first-order valence-electron chi connectivity index (χ1n) is 12.2. The van der Waals surface area contributed by atoms with E-state index >= 15 is 0 Å². The molecule has 4 nitrogen and oxygen atoms in total. The number of allylic oxidation sites excluding steroid dienone is 1. The van der Waals surface area contributed by atoms with Gasteiger partial charge in [-0.05, 0) is 60.9 Å². The zero-order valence-electron chi connectivity index (χ0n) is 21.3. The smallest absolute Gasteiger partial charge is 0.297 e. The summed E-state index contributed by atoms with van der Waals surface area (Å²) in [6, 6.07) is 26.7. The number of hydrogen-bond donors (Lipinski definition) is 0. The van der Waals surface area contributed by atoms with Crippen molar-refractivity contribution in [1.29, 1.82) is 0 Å². The van der Waals surface area contributed by atoms with Crippen LogP contribution in [0, 0.1) is 12.7 Å². The van der Waals surface area contributed by atoms with Crippen molar-refractivity contribution in [2.45, 2.75) is 24.8 Å². The molecule has 4 rings (SSSR count). The molecule has 0 amide bonds. The predicted octanol–water partition coefficient (Wildman–Crippen LogP) is 7.84. The van der Waals surface area contributed by atoms with Crippen LogP contribution < -0.4 is 4.74 Å². The lowest BCUT2D eigenvalue weighted by Gasteiger charge is -2.22. The maximum atomic E-state index is 14.9. The molecule has 0 aliphatic heterocycles. The SMILES string of the molecule is C=C[C@H](COS(=O)(=O)c1ccc(C)cc1)Oc1c(/C=C\C)cc(F)cc1-c1ccccc1-c1ccccc1. The maximum absolute atomic E-state index is 14.9. The Morgan fingerprint density at radius 3 is 2.21 bits per heavy atom. The van der Waals surface area contributed by atoms with Gasteiger partial charge >= 0.3 is 0 Å². The maximum Gasteiger partial charge on any atom is 0.297 e. The summed E-state index contributed by atoms with van der Waals surface area (Å²) in [5, 5.41) is 0. The van der Waals surface area contributed by atoms with Crippen LogP contribution in [0.4, 0.5) is 4.39 Å². The summed E-state index contributed by atoms with van der Waals surface area (Å²) < 4.78 is 52.0. The minimum atomic E-state index is -4.01. The van der Waals surface area contributed by atoms with Crippen molar-refractivity contribution >= 4 is 16.2 Å². The van der Waals surface area contributed by atoms with Crippen LogP contribution >= 0.6 is 0 Å². The fraction of sp³-hybridized carbons (Fsp3) is 0.125. The zero-order valence-corrected chi connectivity index (χ0v) is 22.1. The molecule has 0 radical (unpaired) electrons. The fourth-order valence-corrected chi connectivity index (χ4v) is 4.99. The molecule has 0 unspecified atom stereocenters. The first-order valence-corrected chi connectivity index (χ1v) is 13.6. The fourth-order valence-electron chi connectivity index (χ4n) is 4.07. The van der Waals surface area contributed by atoms with Gasteiger partial charge in [-0.15, -0.1) is 0 Å². The van der Waals surface area contributed by atoms with E-state index in [4.69, 9.17) is 8.92 Å². The Kier molecular flexibility index (Phi) is 8.56. The van der Waals surface area contributed by atoms with E-state index in [0.29, 0.717) is 16.9 Å². The largest absolute Gasteiger partial charge is 0.483 e. The van der Waals surface area contributed by atoms with Gasteiger partial charge in [-0.2, -0.15) is 8.42 Å². The average Bonchev–Trinajstić information content (AvgIpc) is 2.92. The van der Waals surface area contributed by atoms with E-state index in [2.05, 4.69) is 6.58 Å². The predicted molar refractivity (Wildman–Crippen MR) is 151 cm³/mol. The summed E-state index contributed by atoms with van der Waals surface area (Å²) in [7, 11) is -4.01. The van der Waals surface area contributed by atoms with Gasteiger partial charge in [0.2, 0.25) is 0 Å². The van der Waals surface area contributed by atoms with Crippen LogP contribution in [0.25, 0.3) is 28.3 Å². The number of aryl methyl sites for hydroxylation is 1. The molecule has 6 heteroatoms. The van der Waals surface area contributed by atoms with E-state index in [0.717, 1.165) is 22.3 Å². The minimum Gasteiger partial charge on any atom is -0.483 e. The van der Waals surface area contributed by atoms with Crippen LogP contribution in [0.2, 0.25) is 0 Å². The summed E-state index contributed by atoms with van der Waals surface area (Å²) in [5.41, 5.74) is 4.63. The van der Waals surface area contributed by atoms with Gasteiger partial charge in [0.05, 0.1) is 4.90 Å². The average molecular weight is 529 g/mol. The number of hydrogen-bond acceptors (Lipinski definition) is 4. The van der Waals surface area contributed by atoms with Gasteiger partial charge < -0.3 is 4.74 Å². The molecule has 0 aliphatic rings. The molecule has 0 fully saturated rings. The first kappa shape index (κ1) is 27.0.